The fraction of sp³-hybridized carbons (Fsp3) is 0.0167. The van der Waals surface area contributed by atoms with Gasteiger partial charge in [-0.1, -0.05) is 182 Å². The summed E-state index contributed by atoms with van der Waals surface area (Å²) in [5.74, 6) is 0.675. The molecule has 296 valence electrons. The minimum absolute atomic E-state index is 0.675. The van der Waals surface area contributed by atoms with Crippen LogP contribution in [0.5, 0.6) is 0 Å². The lowest BCUT2D eigenvalue weighted by Crippen LogP contribution is -1.96. The highest BCUT2D eigenvalue weighted by Crippen LogP contribution is 2.39. The summed E-state index contributed by atoms with van der Waals surface area (Å²) < 4.78 is 0. The van der Waals surface area contributed by atoms with Gasteiger partial charge in [0.1, 0.15) is 0 Å². The number of hydrogen-bond acceptors (Lipinski definition) is 3. The SMILES string of the molecule is C=N/C=C\C=C(/C)c1ccc(-c2cc(-c3cccc(-c4cc5ccccc5c5ccccc45)c3)nc(-c3ccc(-c4ccc5c6ccccc6c6ccccc6c5c4)cc3)n2)cc1. The van der Waals surface area contributed by atoms with Crippen molar-refractivity contribution in [3.63, 3.8) is 0 Å². The number of rotatable bonds is 8. The van der Waals surface area contributed by atoms with E-state index in [1.807, 2.05) is 12.2 Å². The van der Waals surface area contributed by atoms with Crippen molar-refractivity contribution in [2.75, 3.05) is 0 Å². The molecule has 0 saturated carbocycles. The summed E-state index contributed by atoms with van der Waals surface area (Å²) in [6, 6.07) is 72.1. The number of hydrogen-bond donors (Lipinski definition) is 0. The van der Waals surface area contributed by atoms with Gasteiger partial charge >= 0.3 is 0 Å². The topological polar surface area (TPSA) is 38.1 Å². The van der Waals surface area contributed by atoms with Crippen LogP contribution in [-0.4, -0.2) is 16.7 Å². The predicted octanol–water partition coefficient (Wildman–Crippen LogP) is 16.2. The largest absolute Gasteiger partial charge is 0.273 e. The van der Waals surface area contributed by atoms with Crippen molar-refractivity contribution in [1.82, 2.24) is 9.97 Å². The number of nitrogens with zero attached hydrogens (tertiary/aromatic N) is 3. The smallest absolute Gasteiger partial charge is 0.160 e. The van der Waals surface area contributed by atoms with Crippen LogP contribution >= 0.6 is 0 Å². The van der Waals surface area contributed by atoms with Gasteiger partial charge in [-0.2, -0.15) is 0 Å². The van der Waals surface area contributed by atoms with E-state index in [9.17, 15) is 0 Å². The lowest BCUT2D eigenvalue weighted by molar-refractivity contribution is 1.18. The fourth-order valence-electron chi connectivity index (χ4n) is 9.16. The first kappa shape index (κ1) is 37.7. The first-order valence-electron chi connectivity index (χ1n) is 21.3. The summed E-state index contributed by atoms with van der Waals surface area (Å²) in [5, 5.41) is 12.6. The molecule has 0 fully saturated rings. The van der Waals surface area contributed by atoms with Crippen LogP contribution in [0.4, 0.5) is 0 Å². The van der Waals surface area contributed by atoms with Gasteiger partial charge in [0.05, 0.1) is 11.4 Å². The van der Waals surface area contributed by atoms with Crippen molar-refractivity contribution >= 4 is 66.2 Å². The molecule has 3 heteroatoms. The third kappa shape index (κ3) is 6.96. The van der Waals surface area contributed by atoms with E-state index in [-0.39, 0.29) is 0 Å². The maximum Gasteiger partial charge on any atom is 0.160 e. The van der Waals surface area contributed by atoms with E-state index in [1.54, 1.807) is 6.20 Å². The molecule has 0 aliphatic heterocycles. The van der Waals surface area contributed by atoms with Gasteiger partial charge in [0.25, 0.3) is 0 Å². The molecule has 3 nitrogen and oxygen atoms in total. The Morgan fingerprint density at radius 2 is 0.937 bits per heavy atom. The molecule has 0 bridgehead atoms. The Morgan fingerprint density at radius 3 is 1.62 bits per heavy atom. The quantitative estimate of drug-likeness (QED) is 0.0872. The monoisotopic (exact) mass is 803 g/mol. The highest BCUT2D eigenvalue weighted by Gasteiger charge is 2.15. The molecular formula is C60H41N3. The molecule has 11 aromatic rings. The molecule has 0 saturated heterocycles. The molecule has 63 heavy (non-hydrogen) atoms. The third-order valence-corrected chi connectivity index (χ3v) is 12.4. The Hall–Kier alpha value is -8.27. The van der Waals surface area contributed by atoms with E-state index in [0.29, 0.717) is 5.82 Å². The molecule has 0 atom stereocenters. The maximum atomic E-state index is 5.30. The van der Waals surface area contributed by atoms with Gasteiger partial charge in [0.15, 0.2) is 5.82 Å². The van der Waals surface area contributed by atoms with Crippen LogP contribution in [0.15, 0.2) is 224 Å². The molecule has 0 radical (unpaired) electrons. The fourth-order valence-corrected chi connectivity index (χ4v) is 9.16. The summed E-state index contributed by atoms with van der Waals surface area (Å²) in [6.45, 7) is 5.64. The van der Waals surface area contributed by atoms with Gasteiger partial charge in [-0.15, -0.1) is 0 Å². The molecule has 0 N–H and O–H groups in total. The Bertz CT molecular complexity index is 3600. The summed E-state index contributed by atoms with van der Waals surface area (Å²) in [6.07, 6.45) is 5.64. The summed E-state index contributed by atoms with van der Waals surface area (Å²) in [4.78, 5) is 14.4. The normalized spacial score (nSPS) is 12.0. The Morgan fingerprint density at radius 1 is 0.413 bits per heavy atom. The Kier molecular flexibility index (Phi) is 9.56. The molecule has 0 spiro atoms. The zero-order valence-corrected chi connectivity index (χ0v) is 34.8. The Labute approximate surface area is 366 Å². The lowest BCUT2D eigenvalue weighted by atomic mass is 9.92. The van der Waals surface area contributed by atoms with Crippen molar-refractivity contribution in [3.05, 3.63) is 224 Å². The van der Waals surface area contributed by atoms with E-state index < -0.39 is 0 Å². The van der Waals surface area contributed by atoms with Gasteiger partial charge < -0.3 is 0 Å². The van der Waals surface area contributed by atoms with E-state index >= 15 is 0 Å². The average molecular weight is 804 g/mol. The Balaban J connectivity index is 1.02. The molecule has 0 aliphatic rings. The van der Waals surface area contributed by atoms with E-state index in [1.165, 1.54) is 65.0 Å². The first-order valence-corrected chi connectivity index (χ1v) is 21.3. The van der Waals surface area contributed by atoms with Crippen molar-refractivity contribution in [1.29, 1.82) is 0 Å². The molecule has 1 heterocycles. The summed E-state index contributed by atoms with van der Waals surface area (Å²) >= 11 is 0. The second kappa shape index (κ2) is 16.0. The van der Waals surface area contributed by atoms with Gasteiger partial charge in [-0.25, -0.2) is 9.97 Å². The van der Waals surface area contributed by atoms with Crippen LogP contribution in [0.25, 0.3) is 116 Å². The summed E-state index contributed by atoms with van der Waals surface area (Å²) in [5.41, 5.74) is 11.6. The van der Waals surface area contributed by atoms with E-state index in [0.717, 1.165) is 50.3 Å². The zero-order valence-electron chi connectivity index (χ0n) is 34.8. The third-order valence-electron chi connectivity index (χ3n) is 12.4. The van der Waals surface area contributed by atoms with Crippen LogP contribution in [0.1, 0.15) is 12.5 Å². The molecule has 1 aromatic heterocycles. The predicted molar refractivity (Wildman–Crippen MR) is 269 cm³/mol. The second-order valence-electron chi connectivity index (χ2n) is 16.1. The van der Waals surface area contributed by atoms with Crippen molar-refractivity contribution < 1.29 is 0 Å². The molecule has 0 unspecified atom stereocenters. The van der Waals surface area contributed by atoms with Crippen LogP contribution in [0, 0.1) is 0 Å². The maximum absolute atomic E-state index is 5.30. The van der Waals surface area contributed by atoms with Crippen molar-refractivity contribution in [2.24, 2.45) is 4.99 Å². The number of fused-ring (bicyclic) bond motifs is 9. The van der Waals surface area contributed by atoms with Gasteiger partial charge in [0, 0.05) is 22.9 Å². The van der Waals surface area contributed by atoms with Gasteiger partial charge in [-0.3, -0.25) is 4.99 Å². The zero-order chi connectivity index (χ0) is 42.3. The molecule has 11 rings (SSSR count). The molecule has 0 amide bonds. The van der Waals surface area contributed by atoms with Crippen LogP contribution in [0.3, 0.4) is 0 Å². The van der Waals surface area contributed by atoms with Crippen LogP contribution in [0.2, 0.25) is 0 Å². The van der Waals surface area contributed by atoms with Gasteiger partial charge in [0.2, 0.25) is 0 Å². The molecule has 10 aromatic carbocycles. The minimum Gasteiger partial charge on any atom is -0.273 e. The number of benzene rings is 10. The summed E-state index contributed by atoms with van der Waals surface area (Å²) in [7, 11) is 0. The number of aliphatic imine (C=N–C) groups is 1. The second-order valence-corrected chi connectivity index (χ2v) is 16.1. The van der Waals surface area contributed by atoms with Gasteiger partial charge in [-0.05, 0) is 131 Å². The van der Waals surface area contributed by atoms with Crippen molar-refractivity contribution in [3.8, 4) is 56.2 Å². The highest BCUT2D eigenvalue weighted by atomic mass is 14.9. The highest BCUT2D eigenvalue weighted by molar-refractivity contribution is 6.25. The lowest BCUT2D eigenvalue weighted by Gasteiger charge is -2.14. The molecule has 0 aliphatic carbocycles. The first-order chi connectivity index (χ1) is 31.1. The standard InChI is InChI=1S/C60H41N3/c1-39(13-12-34-61-2)40-24-28-42(29-25-40)58-38-59(47-16-11-15-45(35-47)56-37-46-14-3-4-17-48(46)49-18-5-9-22-53(49)56)63-60(62-58)43-30-26-41(27-31-43)44-32-33-55-52-21-7-6-19-50(52)51-20-8-10-23-54(51)57(55)36-44/h3-38H,2H2,1H3/b34-12-,39-13+. The van der Waals surface area contributed by atoms with Crippen LogP contribution < -0.4 is 0 Å². The number of aromatic nitrogens is 2. The average Bonchev–Trinajstić information content (AvgIpc) is 3.36. The molecular weight excluding hydrogens is 763 g/mol. The van der Waals surface area contributed by atoms with E-state index in [4.69, 9.17) is 9.97 Å². The van der Waals surface area contributed by atoms with E-state index in [2.05, 4.69) is 219 Å². The minimum atomic E-state index is 0.675. The van der Waals surface area contributed by atoms with Crippen LogP contribution in [-0.2, 0) is 0 Å². The number of allylic oxidation sites excluding steroid dienone is 3. The van der Waals surface area contributed by atoms with Crippen molar-refractivity contribution in [2.45, 2.75) is 6.92 Å².